The normalized spacial score (nSPS) is 13.5. The number of nitrogens with zero attached hydrogens (tertiary/aromatic N) is 2. The highest BCUT2D eigenvalue weighted by Crippen LogP contribution is 2.45. The van der Waals surface area contributed by atoms with Gasteiger partial charge >= 0.3 is 11.9 Å². The molecule has 0 bridgehead atoms. The van der Waals surface area contributed by atoms with Crippen LogP contribution in [0.3, 0.4) is 0 Å². The standard InChI is InChI=1S/C36H36N2O5/c1-17(2)37(18(3)4)33(39)25-13-9-21-23-11-15-27-32-28(36(42)43-35(27)41)16-12-24(30(23)32)22-10-14-26(31(25)29(21)22)34(40)38(19(5)6)20(7)8/h9-20H,1-8H3. The number of amides is 2. The van der Waals surface area contributed by atoms with Crippen molar-refractivity contribution in [1.82, 2.24) is 9.80 Å². The maximum atomic E-state index is 14.3. The van der Waals surface area contributed by atoms with Crippen molar-refractivity contribution in [2.75, 3.05) is 0 Å². The molecule has 5 aromatic rings. The Hall–Kier alpha value is -4.52. The SMILES string of the molecule is CC(C)N(C(=O)c1ccc2c3ccc4c5c(ccc(c6ccc(C(=O)N(C(C)C)C(C)C)c1c26)c53)C(=O)OC4=O)C(C)C. The van der Waals surface area contributed by atoms with Crippen LogP contribution in [0.1, 0.15) is 96.8 Å². The highest BCUT2D eigenvalue weighted by atomic mass is 16.6. The highest BCUT2D eigenvalue weighted by Gasteiger charge is 2.32. The van der Waals surface area contributed by atoms with Gasteiger partial charge in [0.05, 0.1) is 11.1 Å². The molecule has 7 nitrogen and oxygen atoms in total. The van der Waals surface area contributed by atoms with E-state index in [1.165, 1.54) is 0 Å². The van der Waals surface area contributed by atoms with Gasteiger partial charge in [-0.15, -0.1) is 0 Å². The van der Waals surface area contributed by atoms with Crippen LogP contribution in [0, 0.1) is 0 Å². The molecule has 0 aromatic heterocycles. The van der Waals surface area contributed by atoms with Gasteiger partial charge in [-0.3, -0.25) is 9.59 Å². The van der Waals surface area contributed by atoms with Crippen molar-refractivity contribution in [2.45, 2.75) is 79.6 Å². The third-order valence-corrected chi connectivity index (χ3v) is 8.68. The summed E-state index contributed by atoms with van der Waals surface area (Å²) in [7, 11) is 0. The molecule has 0 radical (unpaired) electrons. The summed E-state index contributed by atoms with van der Waals surface area (Å²) in [5, 5.41) is 6.19. The van der Waals surface area contributed by atoms with Crippen molar-refractivity contribution >= 4 is 66.8 Å². The van der Waals surface area contributed by atoms with E-state index in [0.717, 1.165) is 32.3 Å². The third-order valence-electron chi connectivity index (χ3n) is 8.68. The molecule has 6 rings (SSSR count). The topological polar surface area (TPSA) is 84.0 Å². The van der Waals surface area contributed by atoms with Crippen molar-refractivity contribution in [3.05, 3.63) is 70.8 Å². The fourth-order valence-electron chi connectivity index (χ4n) is 7.19. The zero-order valence-electron chi connectivity index (χ0n) is 25.9. The summed E-state index contributed by atoms with van der Waals surface area (Å²) in [5.74, 6) is -1.59. The minimum absolute atomic E-state index is 0.0468. The van der Waals surface area contributed by atoms with Gasteiger partial charge in [0, 0.05) is 46.1 Å². The average molecular weight is 577 g/mol. The Morgan fingerprint density at radius 1 is 0.488 bits per heavy atom. The Kier molecular flexibility index (Phi) is 6.68. The van der Waals surface area contributed by atoms with Gasteiger partial charge in [0.15, 0.2) is 0 Å². The quantitative estimate of drug-likeness (QED) is 0.0901. The number of carbonyl (C=O) groups is 4. The molecule has 0 N–H and O–H groups in total. The summed E-state index contributed by atoms with van der Waals surface area (Å²) in [5.41, 5.74) is 1.66. The van der Waals surface area contributed by atoms with Gasteiger partial charge in [0.2, 0.25) is 0 Å². The molecular weight excluding hydrogens is 540 g/mol. The Balaban J connectivity index is 1.80. The number of benzene rings is 5. The van der Waals surface area contributed by atoms with Crippen molar-refractivity contribution in [1.29, 1.82) is 0 Å². The first-order chi connectivity index (χ1) is 20.3. The zero-order chi connectivity index (χ0) is 31.1. The summed E-state index contributed by atoms with van der Waals surface area (Å²) >= 11 is 0. The predicted octanol–water partition coefficient (Wildman–Crippen LogP) is 7.57. The van der Waals surface area contributed by atoms with Gasteiger partial charge in [0.25, 0.3) is 11.8 Å². The fraction of sp³-hybridized carbons (Fsp3) is 0.333. The molecule has 0 fully saturated rings. The molecule has 0 spiro atoms. The highest BCUT2D eigenvalue weighted by molar-refractivity contribution is 6.39. The van der Waals surface area contributed by atoms with E-state index in [1.54, 1.807) is 12.1 Å². The maximum absolute atomic E-state index is 14.3. The molecule has 1 aliphatic rings. The second-order valence-corrected chi connectivity index (χ2v) is 12.6. The van der Waals surface area contributed by atoms with Crippen molar-refractivity contribution < 1.29 is 23.9 Å². The number of esters is 2. The lowest BCUT2D eigenvalue weighted by Crippen LogP contribution is -2.43. The average Bonchev–Trinajstić information content (AvgIpc) is 2.93. The number of carbonyl (C=O) groups excluding carboxylic acids is 4. The molecular formula is C36H36N2O5. The van der Waals surface area contributed by atoms with Crippen LogP contribution in [0.15, 0.2) is 48.5 Å². The summed E-state index contributed by atoms with van der Waals surface area (Å²) in [6.45, 7) is 16.0. The van der Waals surface area contributed by atoms with Crippen LogP contribution >= 0.6 is 0 Å². The van der Waals surface area contributed by atoms with E-state index in [2.05, 4.69) is 0 Å². The van der Waals surface area contributed by atoms with E-state index in [1.807, 2.05) is 102 Å². The van der Waals surface area contributed by atoms with Crippen LogP contribution < -0.4 is 0 Å². The van der Waals surface area contributed by atoms with E-state index < -0.39 is 11.9 Å². The number of fused-ring (bicyclic) bond motifs is 2. The van der Waals surface area contributed by atoms with E-state index >= 15 is 0 Å². The van der Waals surface area contributed by atoms with Gasteiger partial charge in [-0.25, -0.2) is 9.59 Å². The first-order valence-electron chi connectivity index (χ1n) is 15.0. The molecule has 5 aromatic carbocycles. The molecule has 0 saturated carbocycles. The van der Waals surface area contributed by atoms with E-state index in [-0.39, 0.29) is 36.0 Å². The van der Waals surface area contributed by atoms with Gasteiger partial charge in [-0.1, -0.05) is 24.3 Å². The molecule has 0 saturated heterocycles. The zero-order valence-corrected chi connectivity index (χ0v) is 25.9. The van der Waals surface area contributed by atoms with Gasteiger partial charge in [0.1, 0.15) is 0 Å². The number of cyclic esters (lactones) is 2. The fourth-order valence-corrected chi connectivity index (χ4v) is 7.19. The monoisotopic (exact) mass is 576 g/mol. The van der Waals surface area contributed by atoms with Crippen molar-refractivity contribution in [3.63, 3.8) is 0 Å². The maximum Gasteiger partial charge on any atom is 0.346 e. The summed E-state index contributed by atoms with van der Waals surface area (Å²) < 4.78 is 5.01. The molecule has 220 valence electrons. The minimum Gasteiger partial charge on any atom is -0.386 e. The summed E-state index contributed by atoms with van der Waals surface area (Å²) in [6.07, 6.45) is 0. The van der Waals surface area contributed by atoms with Gasteiger partial charge in [-0.05, 0) is 112 Å². The minimum atomic E-state index is -0.663. The molecule has 1 heterocycles. The van der Waals surface area contributed by atoms with Crippen LogP contribution in [0.2, 0.25) is 0 Å². The number of ether oxygens (including phenoxy) is 1. The first kappa shape index (κ1) is 28.6. The second-order valence-electron chi connectivity index (χ2n) is 12.6. The van der Waals surface area contributed by atoms with Crippen LogP contribution in [0.4, 0.5) is 0 Å². The largest absolute Gasteiger partial charge is 0.386 e. The molecule has 0 atom stereocenters. The molecule has 7 heteroatoms. The number of hydrogen-bond acceptors (Lipinski definition) is 5. The lowest BCUT2D eigenvalue weighted by Gasteiger charge is -2.33. The van der Waals surface area contributed by atoms with Crippen LogP contribution in [-0.4, -0.2) is 57.7 Å². The second kappa shape index (κ2) is 10.0. The van der Waals surface area contributed by atoms with Crippen LogP contribution in [0.5, 0.6) is 0 Å². The van der Waals surface area contributed by atoms with E-state index in [0.29, 0.717) is 33.0 Å². The van der Waals surface area contributed by atoms with Gasteiger partial charge in [-0.2, -0.15) is 0 Å². The first-order valence-corrected chi connectivity index (χ1v) is 15.0. The van der Waals surface area contributed by atoms with E-state index in [9.17, 15) is 19.2 Å². The molecule has 2 amide bonds. The Bertz CT molecular complexity index is 1850. The summed E-state index contributed by atoms with van der Waals surface area (Å²) in [6, 6.07) is 14.5. The van der Waals surface area contributed by atoms with E-state index in [4.69, 9.17) is 4.74 Å². The lowest BCUT2D eigenvalue weighted by molar-refractivity contribution is 0.0390. The lowest BCUT2D eigenvalue weighted by atomic mass is 9.83. The molecule has 0 aliphatic carbocycles. The Labute approximate surface area is 250 Å². The van der Waals surface area contributed by atoms with Crippen LogP contribution in [0.25, 0.3) is 43.1 Å². The molecule has 1 aliphatic heterocycles. The third kappa shape index (κ3) is 4.08. The number of rotatable bonds is 6. The Morgan fingerprint density at radius 2 is 0.814 bits per heavy atom. The summed E-state index contributed by atoms with van der Waals surface area (Å²) in [4.78, 5) is 57.8. The number of hydrogen-bond donors (Lipinski definition) is 0. The Morgan fingerprint density at radius 3 is 1.16 bits per heavy atom. The molecule has 43 heavy (non-hydrogen) atoms. The van der Waals surface area contributed by atoms with Crippen LogP contribution in [-0.2, 0) is 4.74 Å². The van der Waals surface area contributed by atoms with Crippen molar-refractivity contribution in [2.24, 2.45) is 0 Å². The van der Waals surface area contributed by atoms with Crippen molar-refractivity contribution in [3.8, 4) is 0 Å². The smallest absolute Gasteiger partial charge is 0.346 e. The van der Waals surface area contributed by atoms with Gasteiger partial charge < -0.3 is 14.5 Å². The predicted molar refractivity (Wildman–Crippen MR) is 170 cm³/mol. The molecule has 0 unspecified atom stereocenters.